The molecule has 98 valence electrons. The highest BCUT2D eigenvalue weighted by Gasteiger charge is 2.13. The first-order valence-electron chi connectivity index (χ1n) is 6.05. The predicted octanol–water partition coefficient (Wildman–Crippen LogP) is 3.03. The molecule has 0 N–H and O–H groups in total. The minimum Gasteiger partial charge on any atom is -0.248 e. The molecule has 0 fully saturated rings. The first-order valence-corrected chi connectivity index (χ1v) is 7.39. The molecule has 0 aliphatic carbocycles. The van der Waals surface area contributed by atoms with E-state index in [0.717, 1.165) is 19.3 Å². The number of hydrogen-bond acceptors (Lipinski definition) is 4. The molecule has 0 spiro atoms. The van der Waals surface area contributed by atoms with Gasteiger partial charge < -0.3 is 0 Å². The van der Waals surface area contributed by atoms with Gasteiger partial charge in [-0.3, -0.25) is 0 Å². The Morgan fingerprint density at radius 2 is 1.56 bits per heavy atom. The van der Waals surface area contributed by atoms with E-state index in [-0.39, 0.29) is 12.7 Å². The molecule has 0 saturated carbocycles. The largest absolute Gasteiger partial charge is 0.400 e. The van der Waals surface area contributed by atoms with Crippen LogP contribution in [0, 0.1) is 0 Å². The highest BCUT2D eigenvalue weighted by molar-refractivity contribution is 7.81. The molecule has 0 atom stereocenters. The Morgan fingerprint density at radius 3 is 2.12 bits per heavy atom. The van der Waals surface area contributed by atoms with E-state index < -0.39 is 10.4 Å². The Morgan fingerprint density at radius 1 is 1.00 bits per heavy atom. The van der Waals surface area contributed by atoms with Crippen LogP contribution in [-0.4, -0.2) is 21.1 Å². The standard InChI is InChI=1S/C11H24O4S/c1-4-5-6-7-8-9-10-14-16(12,13)15-11(2)3/h11H,4-10H2,1-3H3. The smallest absolute Gasteiger partial charge is 0.248 e. The van der Waals surface area contributed by atoms with Crippen LogP contribution in [0.4, 0.5) is 0 Å². The zero-order valence-electron chi connectivity index (χ0n) is 10.6. The van der Waals surface area contributed by atoms with E-state index in [1.54, 1.807) is 13.8 Å². The fraction of sp³-hybridized carbons (Fsp3) is 1.00. The normalized spacial score (nSPS) is 12.2. The summed E-state index contributed by atoms with van der Waals surface area (Å²) in [4.78, 5) is 0. The van der Waals surface area contributed by atoms with Crippen LogP contribution in [0.3, 0.4) is 0 Å². The zero-order valence-corrected chi connectivity index (χ0v) is 11.4. The molecule has 0 radical (unpaired) electrons. The Labute approximate surface area is 99.7 Å². The second kappa shape index (κ2) is 8.96. The molecule has 0 heterocycles. The molecular formula is C11H24O4S. The van der Waals surface area contributed by atoms with E-state index in [2.05, 4.69) is 11.1 Å². The van der Waals surface area contributed by atoms with Crippen molar-refractivity contribution < 1.29 is 16.8 Å². The molecular weight excluding hydrogens is 228 g/mol. The molecule has 4 nitrogen and oxygen atoms in total. The van der Waals surface area contributed by atoms with E-state index in [0.29, 0.717) is 0 Å². The summed E-state index contributed by atoms with van der Waals surface area (Å²) >= 11 is 0. The van der Waals surface area contributed by atoms with E-state index >= 15 is 0 Å². The van der Waals surface area contributed by atoms with Crippen molar-refractivity contribution >= 4 is 10.4 Å². The average molecular weight is 252 g/mol. The third kappa shape index (κ3) is 10.4. The molecule has 0 aromatic heterocycles. The van der Waals surface area contributed by atoms with Gasteiger partial charge in [0.15, 0.2) is 0 Å². The summed E-state index contributed by atoms with van der Waals surface area (Å²) in [7, 11) is -3.78. The molecule has 0 saturated heterocycles. The van der Waals surface area contributed by atoms with Crippen LogP contribution in [-0.2, 0) is 18.8 Å². The van der Waals surface area contributed by atoms with Gasteiger partial charge in [-0.2, -0.15) is 8.42 Å². The van der Waals surface area contributed by atoms with Crippen molar-refractivity contribution in [3.8, 4) is 0 Å². The third-order valence-electron chi connectivity index (χ3n) is 2.04. The summed E-state index contributed by atoms with van der Waals surface area (Å²) < 4.78 is 31.6. The molecule has 0 aromatic rings. The van der Waals surface area contributed by atoms with Crippen molar-refractivity contribution in [2.24, 2.45) is 0 Å². The summed E-state index contributed by atoms with van der Waals surface area (Å²) in [6, 6.07) is 0. The molecule has 5 heteroatoms. The lowest BCUT2D eigenvalue weighted by Crippen LogP contribution is -2.15. The van der Waals surface area contributed by atoms with Crippen LogP contribution in [0.25, 0.3) is 0 Å². The van der Waals surface area contributed by atoms with Crippen LogP contribution in [0.15, 0.2) is 0 Å². The zero-order chi connectivity index (χ0) is 12.4. The van der Waals surface area contributed by atoms with Gasteiger partial charge in [0.2, 0.25) is 0 Å². The molecule has 0 amide bonds. The third-order valence-corrected chi connectivity index (χ3v) is 3.11. The Kier molecular flexibility index (Phi) is 8.89. The maximum absolute atomic E-state index is 11.1. The second-order valence-corrected chi connectivity index (χ2v) is 5.39. The number of hydrogen-bond donors (Lipinski definition) is 0. The molecule has 0 unspecified atom stereocenters. The van der Waals surface area contributed by atoms with E-state index in [1.807, 2.05) is 0 Å². The fourth-order valence-corrected chi connectivity index (χ4v) is 2.16. The lowest BCUT2D eigenvalue weighted by molar-refractivity contribution is 0.176. The maximum atomic E-state index is 11.1. The van der Waals surface area contributed by atoms with Crippen molar-refractivity contribution in [2.45, 2.75) is 65.4 Å². The highest BCUT2D eigenvalue weighted by atomic mass is 32.3. The number of unbranched alkanes of at least 4 members (excludes halogenated alkanes) is 5. The maximum Gasteiger partial charge on any atom is 0.400 e. The lowest BCUT2D eigenvalue weighted by atomic mass is 10.1. The van der Waals surface area contributed by atoms with Crippen LogP contribution in [0.1, 0.15) is 59.3 Å². The minimum atomic E-state index is -3.78. The van der Waals surface area contributed by atoms with Crippen molar-refractivity contribution in [1.29, 1.82) is 0 Å². The Bertz CT molecular complexity index is 247. The van der Waals surface area contributed by atoms with Crippen molar-refractivity contribution in [3.05, 3.63) is 0 Å². The summed E-state index contributed by atoms with van der Waals surface area (Å²) in [6.45, 7) is 5.71. The molecule has 16 heavy (non-hydrogen) atoms. The summed E-state index contributed by atoms with van der Waals surface area (Å²) in [5.41, 5.74) is 0. The summed E-state index contributed by atoms with van der Waals surface area (Å²) in [5, 5.41) is 0. The summed E-state index contributed by atoms with van der Waals surface area (Å²) in [5.74, 6) is 0. The highest BCUT2D eigenvalue weighted by Crippen LogP contribution is 2.07. The monoisotopic (exact) mass is 252 g/mol. The predicted molar refractivity (Wildman–Crippen MR) is 64.5 cm³/mol. The molecule has 0 aromatic carbocycles. The van der Waals surface area contributed by atoms with Gasteiger partial charge >= 0.3 is 10.4 Å². The van der Waals surface area contributed by atoms with Gasteiger partial charge in [0.1, 0.15) is 0 Å². The molecule has 0 bridgehead atoms. The van der Waals surface area contributed by atoms with Gasteiger partial charge in [-0.25, -0.2) is 8.37 Å². The Hall–Kier alpha value is -0.130. The van der Waals surface area contributed by atoms with E-state index in [9.17, 15) is 8.42 Å². The lowest BCUT2D eigenvalue weighted by Gasteiger charge is -2.08. The SMILES string of the molecule is CCCCCCCCOS(=O)(=O)OC(C)C. The summed E-state index contributed by atoms with van der Waals surface area (Å²) in [6.07, 6.45) is 6.23. The molecule has 0 rings (SSSR count). The van der Waals surface area contributed by atoms with Crippen LogP contribution in [0.5, 0.6) is 0 Å². The quantitative estimate of drug-likeness (QED) is 0.561. The van der Waals surface area contributed by atoms with Gasteiger partial charge in [0.05, 0.1) is 12.7 Å². The van der Waals surface area contributed by atoms with E-state index in [1.165, 1.54) is 19.3 Å². The first kappa shape index (κ1) is 15.9. The van der Waals surface area contributed by atoms with Gasteiger partial charge in [-0.1, -0.05) is 39.0 Å². The fourth-order valence-electron chi connectivity index (χ4n) is 1.31. The van der Waals surface area contributed by atoms with Gasteiger partial charge in [0, 0.05) is 0 Å². The van der Waals surface area contributed by atoms with E-state index in [4.69, 9.17) is 4.18 Å². The van der Waals surface area contributed by atoms with Crippen LogP contribution < -0.4 is 0 Å². The Balaban J connectivity index is 3.44. The molecule has 0 aliphatic heterocycles. The van der Waals surface area contributed by atoms with Crippen molar-refractivity contribution in [3.63, 3.8) is 0 Å². The van der Waals surface area contributed by atoms with Gasteiger partial charge in [-0.15, -0.1) is 0 Å². The van der Waals surface area contributed by atoms with Crippen molar-refractivity contribution in [1.82, 2.24) is 0 Å². The van der Waals surface area contributed by atoms with Crippen LogP contribution >= 0.6 is 0 Å². The number of rotatable bonds is 10. The molecule has 0 aliphatic rings. The topological polar surface area (TPSA) is 52.6 Å². The second-order valence-electron chi connectivity index (χ2n) is 4.14. The van der Waals surface area contributed by atoms with Crippen LogP contribution in [0.2, 0.25) is 0 Å². The van der Waals surface area contributed by atoms with Gasteiger partial charge in [0.25, 0.3) is 0 Å². The average Bonchev–Trinajstić information content (AvgIpc) is 2.14. The minimum absolute atomic E-state index is 0.223. The van der Waals surface area contributed by atoms with Gasteiger partial charge in [-0.05, 0) is 20.3 Å². The first-order chi connectivity index (χ1) is 7.48. The van der Waals surface area contributed by atoms with Crippen molar-refractivity contribution in [2.75, 3.05) is 6.61 Å².